The fourth-order valence-electron chi connectivity index (χ4n) is 3.83. The molecule has 1 aliphatic heterocycles. The van der Waals surface area contributed by atoms with Crippen LogP contribution in [0.4, 0.5) is 5.95 Å². The molecule has 1 saturated heterocycles. The van der Waals surface area contributed by atoms with E-state index in [1.807, 2.05) is 30.3 Å². The lowest BCUT2D eigenvalue weighted by Gasteiger charge is -2.32. The van der Waals surface area contributed by atoms with Crippen molar-refractivity contribution < 1.29 is 4.79 Å². The fourth-order valence-corrected chi connectivity index (χ4v) is 3.83. The van der Waals surface area contributed by atoms with Crippen molar-refractivity contribution >= 4 is 11.9 Å². The summed E-state index contributed by atoms with van der Waals surface area (Å²) < 4.78 is 0. The first-order valence-electron chi connectivity index (χ1n) is 10.2. The van der Waals surface area contributed by atoms with E-state index < -0.39 is 0 Å². The predicted octanol–water partition coefficient (Wildman–Crippen LogP) is 3.66. The van der Waals surface area contributed by atoms with E-state index in [0.29, 0.717) is 0 Å². The van der Waals surface area contributed by atoms with Gasteiger partial charge in [0.15, 0.2) is 0 Å². The third-order valence-electron chi connectivity index (χ3n) is 5.45. The van der Waals surface area contributed by atoms with Crippen LogP contribution >= 0.6 is 0 Å². The number of hydrogen-bond acceptors (Lipinski definition) is 4. The molecule has 1 amide bonds. The van der Waals surface area contributed by atoms with Crippen LogP contribution in [0.15, 0.2) is 73.1 Å². The molecule has 2 heterocycles. The van der Waals surface area contributed by atoms with Crippen molar-refractivity contribution in [1.29, 1.82) is 0 Å². The van der Waals surface area contributed by atoms with Crippen LogP contribution in [0.2, 0.25) is 0 Å². The molecule has 1 aromatic heterocycles. The molecule has 5 heteroatoms. The Kier molecular flexibility index (Phi) is 6.15. The van der Waals surface area contributed by atoms with E-state index in [1.54, 1.807) is 12.4 Å². The number of aryl methyl sites for hydroxylation is 2. The summed E-state index contributed by atoms with van der Waals surface area (Å²) in [6.07, 6.45) is 7.12. The number of amides is 1. The van der Waals surface area contributed by atoms with Crippen LogP contribution < -0.4 is 10.2 Å². The molecule has 1 fully saturated rings. The maximum Gasteiger partial charge on any atom is 0.251 e. The summed E-state index contributed by atoms with van der Waals surface area (Å²) in [7, 11) is 0. The van der Waals surface area contributed by atoms with E-state index in [1.165, 1.54) is 5.56 Å². The summed E-state index contributed by atoms with van der Waals surface area (Å²) in [4.78, 5) is 23.8. The normalized spacial score (nSPS) is 14.6. The van der Waals surface area contributed by atoms with Crippen molar-refractivity contribution in [3.8, 4) is 0 Å². The van der Waals surface area contributed by atoms with Gasteiger partial charge in [0.25, 0.3) is 5.91 Å². The van der Waals surface area contributed by atoms with Gasteiger partial charge in [-0.1, -0.05) is 48.5 Å². The smallest absolute Gasteiger partial charge is 0.251 e. The maximum atomic E-state index is 12.9. The van der Waals surface area contributed by atoms with E-state index in [0.717, 1.165) is 55.8 Å². The molecular formula is C24H26N4O. The Morgan fingerprint density at radius 3 is 2.34 bits per heavy atom. The molecule has 4 rings (SSSR count). The van der Waals surface area contributed by atoms with Gasteiger partial charge in [0, 0.05) is 37.1 Å². The molecule has 0 saturated carbocycles. The number of nitrogens with one attached hydrogen (secondary N) is 1. The van der Waals surface area contributed by atoms with Crippen molar-refractivity contribution in [3.63, 3.8) is 0 Å². The van der Waals surface area contributed by atoms with E-state index in [4.69, 9.17) is 0 Å². The third-order valence-corrected chi connectivity index (χ3v) is 5.45. The van der Waals surface area contributed by atoms with Crippen LogP contribution in [-0.2, 0) is 12.8 Å². The van der Waals surface area contributed by atoms with Gasteiger partial charge in [0.05, 0.1) is 0 Å². The van der Waals surface area contributed by atoms with Crippen LogP contribution in [0.1, 0.15) is 34.3 Å². The standard InChI is InChI=1S/C24H26N4O/c29-23(27-21-13-17-28(18-14-21)24-25-15-6-16-26-24)22-10-5-4-9-20(22)12-11-19-7-2-1-3-8-19/h1-10,15-16,21H,11-14,17-18H2,(H,27,29). The van der Waals surface area contributed by atoms with Crippen molar-refractivity contribution in [2.24, 2.45) is 0 Å². The highest BCUT2D eigenvalue weighted by Crippen LogP contribution is 2.17. The van der Waals surface area contributed by atoms with Gasteiger partial charge in [-0.3, -0.25) is 4.79 Å². The summed E-state index contributed by atoms with van der Waals surface area (Å²) in [6, 6.07) is 20.4. The first kappa shape index (κ1) is 19.1. The number of hydrogen-bond donors (Lipinski definition) is 1. The number of rotatable bonds is 6. The number of carbonyl (C=O) groups excluding carboxylic acids is 1. The molecule has 0 bridgehead atoms. The predicted molar refractivity (Wildman–Crippen MR) is 115 cm³/mol. The van der Waals surface area contributed by atoms with Gasteiger partial charge in [-0.2, -0.15) is 0 Å². The first-order valence-corrected chi connectivity index (χ1v) is 10.2. The van der Waals surface area contributed by atoms with Gasteiger partial charge in [0.2, 0.25) is 5.95 Å². The number of aromatic nitrogens is 2. The van der Waals surface area contributed by atoms with Gasteiger partial charge < -0.3 is 10.2 Å². The topological polar surface area (TPSA) is 58.1 Å². The minimum absolute atomic E-state index is 0.0306. The van der Waals surface area contributed by atoms with Crippen LogP contribution in [0, 0.1) is 0 Å². The minimum atomic E-state index is 0.0306. The van der Waals surface area contributed by atoms with Gasteiger partial charge in [-0.15, -0.1) is 0 Å². The Hall–Kier alpha value is -3.21. The number of carbonyl (C=O) groups is 1. The van der Waals surface area contributed by atoms with E-state index in [2.05, 4.69) is 50.5 Å². The van der Waals surface area contributed by atoms with Gasteiger partial charge in [0.1, 0.15) is 0 Å². The molecule has 29 heavy (non-hydrogen) atoms. The molecule has 0 atom stereocenters. The molecule has 0 unspecified atom stereocenters. The lowest BCUT2D eigenvalue weighted by Crippen LogP contribution is -2.45. The number of anilines is 1. The molecule has 0 spiro atoms. The highest BCUT2D eigenvalue weighted by Gasteiger charge is 2.23. The number of nitrogens with zero attached hydrogens (tertiary/aromatic N) is 3. The van der Waals surface area contributed by atoms with E-state index >= 15 is 0 Å². The Bertz CT molecular complexity index is 922. The molecule has 148 valence electrons. The van der Waals surface area contributed by atoms with Gasteiger partial charge in [-0.05, 0) is 48.9 Å². The van der Waals surface area contributed by atoms with E-state index in [9.17, 15) is 4.79 Å². The molecule has 0 aliphatic carbocycles. The Labute approximate surface area is 171 Å². The lowest BCUT2D eigenvalue weighted by atomic mass is 9.98. The fraction of sp³-hybridized carbons (Fsp3) is 0.292. The van der Waals surface area contributed by atoms with Crippen LogP contribution in [-0.4, -0.2) is 35.0 Å². The highest BCUT2D eigenvalue weighted by atomic mass is 16.1. The van der Waals surface area contributed by atoms with Crippen LogP contribution in [0.5, 0.6) is 0 Å². The van der Waals surface area contributed by atoms with Crippen LogP contribution in [0.25, 0.3) is 0 Å². The summed E-state index contributed by atoms with van der Waals surface area (Å²) in [5, 5.41) is 3.24. The molecule has 0 radical (unpaired) electrons. The van der Waals surface area contributed by atoms with Crippen molar-refractivity contribution in [2.45, 2.75) is 31.7 Å². The largest absolute Gasteiger partial charge is 0.349 e. The second-order valence-corrected chi connectivity index (χ2v) is 7.43. The second kappa shape index (κ2) is 9.32. The Balaban J connectivity index is 1.34. The number of piperidine rings is 1. The average molecular weight is 386 g/mol. The first-order chi connectivity index (χ1) is 14.3. The summed E-state index contributed by atoms with van der Waals surface area (Å²) in [6.45, 7) is 1.70. The SMILES string of the molecule is O=C(NC1CCN(c2ncccn2)CC1)c1ccccc1CCc1ccccc1. The summed E-state index contributed by atoms with van der Waals surface area (Å²) in [5.74, 6) is 0.798. The molecule has 5 nitrogen and oxygen atoms in total. The lowest BCUT2D eigenvalue weighted by molar-refractivity contribution is 0.0930. The van der Waals surface area contributed by atoms with Gasteiger partial charge in [-0.25, -0.2) is 9.97 Å². The van der Waals surface area contributed by atoms with Crippen molar-refractivity contribution in [3.05, 3.63) is 89.7 Å². The number of benzene rings is 2. The van der Waals surface area contributed by atoms with E-state index in [-0.39, 0.29) is 11.9 Å². The Morgan fingerprint density at radius 2 is 1.59 bits per heavy atom. The maximum absolute atomic E-state index is 12.9. The molecule has 1 aliphatic rings. The van der Waals surface area contributed by atoms with Crippen molar-refractivity contribution in [2.75, 3.05) is 18.0 Å². The monoisotopic (exact) mass is 386 g/mol. The summed E-state index contributed by atoms with van der Waals surface area (Å²) >= 11 is 0. The zero-order chi connectivity index (χ0) is 19.9. The molecule has 3 aromatic rings. The quantitative estimate of drug-likeness (QED) is 0.702. The second-order valence-electron chi connectivity index (χ2n) is 7.43. The minimum Gasteiger partial charge on any atom is -0.349 e. The molecule has 1 N–H and O–H groups in total. The average Bonchev–Trinajstić information content (AvgIpc) is 2.80. The Morgan fingerprint density at radius 1 is 0.897 bits per heavy atom. The third kappa shape index (κ3) is 4.99. The molecule has 2 aromatic carbocycles. The zero-order valence-corrected chi connectivity index (χ0v) is 16.5. The zero-order valence-electron chi connectivity index (χ0n) is 16.5. The summed E-state index contributed by atoms with van der Waals surface area (Å²) in [5.41, 5.74) is 3.18. The van der Waals surface area contributed by atoms with Crippen LogP contribution in [0.3, 0.4) is 0 Å². The van der Waals surface area contributed by atoms with Crippen molar-refractivity contribution in [1.82, 2.24) is 15.3 Å². The molecular weight excluding hydrogens is 360 g/mol. The van der Waals surface area contributed by atoms with Gasteiger partial charge >= 0.3 is 0 Å². The highest BCUT2D eigenvalue weighted by molar-refractivity contribution is 5.95.